The molecule has 1 aromatic carbocycles. The quantitative estimate of drug-likeness (QED) is 0.823. The average Bonchev–Trinajstić information content (AvgIpc) is 2.85. The van der Waals surface area contributed by atoms with Gasteiger partial charge >= 0.3 is 0 Å². The summed E-state index contributed by atoms with van der Waals surface area (Å²) in [6.45, 7) is 2.06. The number of aromatic nitrogens is 2. The number of benzene rings is 1. The molecule has 1 N–H and O–H groups in total. The second kappa shape index (κ2) is 7.08. The van der Waals surface area contributed by atoms with Crippen molar-refractivity contribution in [3.05, 3.63) is 41.5 Å². The van der Waals surface area contributed by atoms with Crippen molar-refractivity contribution < 1.29 is 9.63 Å². The van der Waals surface area contributed by atoms with E-state index >= 15 is 0 Å². The minimum absolute atomic E-state index is 0.0652. The van der Waals surface area contributed by atoms with Crippen molar-refractivity contribution in [3.8, 4) is 6.07 Å². The zero-order chi connectivity index (χ0) is 14.4. The van der Waals surface area contributed by atoms with Crippen LogP contribution in [0.4, 0.5) is 0 Å². The summed E-state index contributed by atoms with van der Waals surface area (Å²) in [7, 11) is 0. The van der Waals surface area contributed by atoms with Crippen LogP contribution in [0, 0.1) is 18.3 Å². The molecular formula is C14H15N3O2S. The van der Waals surface area contributed by atoms with Crippen molar-refractivity contribution in [3.63, 3.8) is 0 Å². The lowest BCUT2D eigenvalue weighted by molar-refractivity contribution is 0.167. The Morgan fingerprint density at radius 1 is 1.45 bits per heavy atom. The van der Waals surface area contributed by atoms with Gasteiger partial charge in [-0.05, 0) is 18.6 Å². The summed E-state index contributed by atoms with van der Waals surface area (Å²) in [5.74, 6) is 1.58. The van der Waals surface area contributed by atoms with Gasteiger partial charge in [0.15, 0.2) is 5.82 Å². The highest BCUT2D eigenvalue weighted by atomic mass is 32.2. The fourth-order valence-electron chi connectivity index (χ4n) is 1.67. The minimum atomic E-state index is -0.752. The molecule has 0 saturated carbocycles. The maximum Gasteiger partial charge on any atom is 0.229 e. The molecule has 0 saturated heterocycles. The molecular weight excluding hydrogens is 274 g/mol. The van der Waals surface area contributed by atoms with Crippen molar-refractivity contribution in [2.45, 2.75) is 36.5 Å². The second-order valence-electron chi connectivity index (χ2n) is 4.38. The lowest BCUT2D eigenvalue weighted by atomic mass is 10.2. The Morgan fingerprint density at radius 2 is 2.25 bits per heavy atom. The van der Waals surface area contributed by atoms with Gasteiger partial charge in [0.1, 0.15) is 0 Å². The first-order valence-electron chi connectivity index (χ1n) is 6.24. The van der Waals surface area contributed by atoms with Gasteiger partial charge in [0.25, 0.3) is 0 Å². The Balaban J connectivity index is 1.90. The van der Waals surface area contributed by atoms with E-state index in [1.165, 1.54) is 10.5 Å². The number of hydrogen-bond donors (Lipinski definition) is 1. The molecule has 0 aliphatic heterocycles. The molecule has 5 nitrogen and oxygen atoms in total. The predicted octanol–water partition coefficient (Wildman–Crippen LogP) is 2.49. The lowest BCUT2D eigenvalue weighted by Gasteiger charge is -2.02. The Morgan fingerprint density at radius 3 is 3.00 bits per heavy atom. The van der Waals surface area contributed by atoms with Gasteiger partial charge in [-0.2, -0.15) is 10.2 Å². The van der Waals surface area contributed by atoms with Gasteiger partial charge in [-0.25, -0.2) is 0 Å². The van der Waals surface area contributed by atoms with E-state index in [1.807, 2.05) is 18.2 Å². The second-order valence-corrected chi connectivity index (χ2v) is 5.40. The van der Waals surface area contributed by atoms with Crippen LogP contribution in [0.15, 0.2) is 33.7 Å². The standard InChI is InChI=1S/C14H15N3O2S/c1-10-4-2-3-5-12(10)20-9-13-16-14(19-17-13)8-11(18)6-7-15/h2-5,11,18H,6,8-9H2,1H3. The number of nitrogens with zero attached hydrogens (tertiary/aromatic N) is 3. The third kappa shape index (κ3) is 4.08. The third-order valence-corrected chi connectivity index (χ3v) is 3.87. The first-order valence-corrected chi connectivity index (χ1v) is 7.22. The van der Waals surface area contributed by atoms with Crippen LogP contribution in [0.3, 0.4) is 0 Å². The van der Waals surface area contributed by atoms with Crippen molar-refractivity contribution in [2.75, 3.05) is 0 Å². The van der Waals surface area contributed by atoms with Crippen LogP contribution in [0.5, 0.6) is 0 Å². The monoisotopic (exact) mass is 289 g/mol. The summed E-state index contributed by atoms with van der Waals surface area (Å²) in [5, 5.41) is 21.9. The molecule has 0 aliphatic carbocycles. The van der Waals surface area contributed by atoms with E-state index in [-0.39, 0.29) is 12.8 Å². The van der Waals surface area contributed by atoms with Crippen LogP contribution in [-0.2, 0) is 12.2 Å². The van der Waals surface area contributed by atoms with Gasteiger partial charge < -0.3 is 9.63 Å². The molecule has 0 amide bonds. The number of aliphatic hydroxyl groups excluding tert-OH is 1. The predicted molar refractivity (Wildman–Crippen MR) is 75.0 cm³/mol. The number of thioether (sulfide) groups is 1. The Labute approximate surface area is 121 Å². The Kier molecular flexibility index (Phi) is 5.16. The van der Waals surface area contributed by atoms with E-state index in [0.717, 1.165) is 0 Å². The highest BCUT2D eigenvalue weighted by Gasteiger charge is 2.12. The number of hydrogen-bond acceptors (Lipinski definition) is 6. The SMILES string of the molecule is Cc1ccccc1SCc1noc(CC(O)CC#N)n1. The minimum Gasteiger partial charge on any atom is -0.392 e. The zero-order valence-electron chi connectivity index (χ0n) is 11.1. The highest BCUT2D eigenvalue weighted by molar-refractivity contribution is 7.98. The molecule has 20 heavy (non-hydrogen) atoms. The average molecular weight is 289 g/mol. The molecule has 104 valence electrons. The fourth-order valence-corrected chi connectivity index (χ4v) is 2.54. The van der Waals surface area contributed by atoms with E-state index in [1.54, 1.807) is 11.8 Å². The molecule has 6 heteroatoms. The molecule has 0 bridgehead atoms. The molecule has 1 aromatic heterocycles. The molecule has 0 radical (unpaired) electrons. The lowest BCUT2D eigenvalue weighted by Crippen LogP contribution is -2.09. The summed E-state index contributed by atoms with van der Waals surface area (Å²) >= 11 is 1.64. The summed E-state index contributed by atoms with van der Waals surface area (Å²) in [4.78, 5) is 5.39. The molecule has 0 aliphatic rings. The van der Waals surface area contributed by atoms with Crippen LogP contribution in [0.1, 0.15) is 23.7 Å². The third-order valence-electron chi connectivity index (χ3n) is 2.70. The normalized spacial score (nSPS) is 12.1. The largest absolute Gasteiger partial charge is 0.392 e. The van der Waals surface area contributed by atoms with Crippen LogP contribution in [0.25, 0.3) is 0 Å². The molecule has 2 aromatic rings. The fraction of sp³-hybridized carbons (Fsp3) is 0.357. The maximum atomic E-state index is 9.50. The smallest absolute Gasteiger partial charge is 0.229 e. The van der Waals surface area contributed by atoms with E-state index in [4.69, 9.17) is 9.78 Å². The number of nitriles is 1. The van der Waals surface area contributed by atoms with Crippen LogP contribution < -0.4 is 0 Å². The van der Waals surface area contributed by atoms with Crippen LogP contribution in [-0.4, -0.2) is 21.4 Å². The molecule has 1 unspecified atom stereocenters. The summed E-state index contributed by atoms with van der Waals surface area (Å²) < 4.78 is 5.06. The van der Waals surface area contributed by atoms with E-state index in [9.17, 15) is 5.11 Å². The van der Waals surface area contributed by atoms with E-state index in [2.05, 4.69) is 29.2 Å². The van der Waals surface area contributed by atoms with Gasteiger partial charge in [-0.1, -0.05) is 23.4 Å². The van der Waals surface area contributed by atoms with Gasteiger partial charge in [0, 0.05) is 4.90 Å². The van der Waals surface area contributed by atoms with E-state index < -0.39 is 6.10 Å². The van der Waals surface area contributed by atoms with Crippen LogP contribution in [0.2, 0.25) is 0 Å². The van der Waals surface area contributed by atoms with Crippen molar-refractivity contribution in [1.82, 2.24) is 10.1 Å². The number of aliphatic hydroxyl groups is 1. The molecule has 2 rings (SSSR count). The van der Waals surface area contributed by atoms with Crippen LogP contribution >= 0.6 is 11.8 Å². The van der Waals surface area contributed by atoms with Crippen molar-refractivity contribution >= 4 is 11.8 Å². The van der Waals surface area contributed by atoms with Crippen molar-refractivity contribution in [2.24, 2.45) is 0 Å². The Hall–Kier alpha value is -1.84. The zero-order valence-corrected chi connectivity index (χ0v) is 11.9. The van der Waals surface area contributed by atoms with Crippen molar-refractivity contribution in [1.29, 1.82) is 5.26 Å². The summed E-state index contributed by atoms with van der Waals surface area (Å²) in [6.07, 6.45) is -0.469. The van der Waals surface area contributed by atoms with Gasteiger partial charge in [-0.15, -0.1) is 11.8 Å². The molecule has 1 atom stereocenters. The first-order chi connectivity index (χ1) is 9.69. The summed E-state index contributed by atoms with van der Waals surface area (Å²) in [5.41, 5.74) is 1.21. The Bertz CT molecular complexity index is 606. The first kappa shape index (κ1) is 14.6. The number of aryl methyl sites for hydroxylation is 1. The van der Waals surface area contributed by atoms with Gasteiger partial charge in [0.2, 0.25) is 5.89 Å². The topological polar surface area (TPSA) is 82.9 Å². The molecule has 1 heterocycles. The van der Waals surface area contributed by atoms with Gasteiger partial charge in [-0.3, -0.25) is 0 Å². The maximum absolute atomic E-state index is 9.50. The number of rotatable bonds is 6. The van der Waals surface area contributed by atoms with Gasteiger partial charge in [0.05, 0.1) is 30.8 Å². The highest BCUT2D eigenvalue weighted by Crippen LogP contribution is 2.24. The molecule has 0 spiro atoms. The summed E-state index contributed by atoms with van der Waals surface area (Å²) in [6, 6.07) is 10.0. The molecule has 0 fully saturated rings. The van der Waals surface area contributed by atoms with E-state index in [0.29, 0.717) is 17.5 Å².